The second kappa shape index (κ2) is 11.3. The van der Waals surface area contributed by atoms with Crippen LogP contribution in [0.1, 0.15) is 6.92 Å². The molecule has 0 spiro atoms. The van der Waals surface area contributed by atoms with E-state index in [4.69, 9.17) is 15.0 Å². The fraction of sp³-hybridized carbons (Fsp3) is 0.0333. The van der Waals surface area contributed by atoms with Gasteiger partial charge in [-0.3, -0.25) is 0 Å². The van der Waals surface area contributed by atoms with Gasteiger partial charge in [-0.25, -0.2) is 15.0 Å². The Morgan fingerprint density at radius 3 is 1.44 bits per heavy atom. The van der Waals surface area contributed by atoms with E-state index in [9.17, 15) is 0 Å². The van der Waals surface area contributed by atoms with Gasteiger partial charge in [0, 0.05) is 21.2 Å². The van der Waals surface area contributed by atoms with Gasteiger partial charge in [0.15, 0.2) is 17.5 Å². The number of nitrogens with zero attached hydrogens (tertiary/aromatic N) is 3. The first-order chi connectivity index (χ1) is 16.7. The van der Waals surface area contributed by atoms with Gasteiger partial charge in [0.1, 0.15) is 0 Å². The molecule has 4 aromatic carbocycles. The van der Waals surface area contributed by atoms with Crippen molar-refractivity contribution in [2.45, 2.75) is 6.92 Å². The van der Waals surface area contributed by atoms with Crippen molar-refractivity contribution in [3.8, 4) is 45.3 Å². The second-order valence-corrected chi connectivity index (χ2v) is 8.45. The number of allylic oxidation sites excluding steroid dienone is 1. The van der Waals surface area contributed by atoms with Gasteiger partial charge < -0.3 is 0 Å². The number of hydrogen-bond acceptors (Lipinski definition) is 3. The minimum atomic E-state index is 0.659. The van der Waals surface area contributed by atoms with Gasteiger partial charge in [0.2, 0.25) is 0 Å². The smallest absolute Gasteiger partial charge is 0.164 e. The Balaban J connectivity index is 0.000000868. The molecule has 1 heterocycles. The highest BCUT2D eigenvalue weighted by Gasteiger charge is 2.12. The predicted octanol–water partition coefficient (Wildman–Crippen LogP) is 8.49. The van der Waals surface area contributed by atoms with Gasteiger partial charge in [-0.05, 0) is 36.2 Å². The molecule has 0 unspecified atom stereocenters. The molecule has 0 aliphatic carbocycles. The third-order valence-corrected chi connectivity index (χ3v) is 5.53. The fourth-order valence-electron chi connectivity index (χ4n) is 3.42. The van der Waals surface area contributed by atoms with E-state index in [1.54, 1.807) is 6.08 Å². The lowest BCUT2D eigenvalue weighted by molar-refractivity contribution is 1.07. The van der Waals surface area contributed by atoms with Crippen LogP contribution < -0.4 is 0 Å². The molecule has 0 saturated heterocycles. The Bertz CT molecular complexity index is 1310. The van der Waals surface area contributed by atoms with E-state index in [1.165, 1.54) is 0 Å². The van der Waals surface area contributed by atoms with Crippen molar-refractivity contribution in [3.05, 3.63) is 126 Å². The van der Waals surface area contributed by atoms with E-state index in [-0.39, 0.29) is 0 Å². The van der Waals surface area contributed by atoms with Gasteiger partial charge in [0.25, 0.3) is 0 Å². The predicted molar refractivity (Wildman–Crippen MR) is 145 cm³/mol. The van der Waals surface area contributed by atoms with Crippen molar-refractivity contribution >= 4 is 15.9 Å². The quantitative estimate of drug-likeness (QED) is 0.230. The SMILES string of the molecule is Brc1ccc(-c2cccc(-c3nc(-c4ccccc4)nc(-c4ccccc4)n3)c2)cc1.C=CC. The summed E-state index contributed by atoms with van der Waals surface area (Å²) < 4.78 is 1.06. The van der Waals surface area contributed by atoms with Crippen LogP contribution in [0, 0.1) is 0 Å². The maximum atomic E-state index is 4.82. The van der Waals surface area contributed by atoms with Gasteiger partial charge in [-0.15, -0.1) is 6.58 Å². The zero-order valence-electron chi connectivity index (χ0n) is 18.9. The zero-order chi connectivity index (χ0) is 23.8. The Kier molecular flexibility index (Phi) is 7.74. The highest BCUT2D eigenvalue weighted by Crippen LogP contribution is 2.28. The van der Waals surface area contributed by atoms with Crippen LogP contribution >= 0.6 is 15.9 Å². The first-order valence-corrected chi connectivity index (χ1v) is 11.8. The molecule has 4 heteroatoms. The Morgan fingerprint density at radius 1 is 0.529 bits per heavy atom. The van der Waals surface area contributed by atoms with Crippen molar-refractivity contribution in [2.24, 2.45) is 0 Å². The van der Waals surface area contributed by atoms with E-state index in [2.05, 4.69) is 46.8 Å². The molecule has 3 nitrogen and oxygen atoms in total. The molecule has 34 heavy (non-hydrogen) atoms. The largest absolute Gasteiger partial charge is 0.208 e. The number of rotatable bonds is 4. The Labute approximate surface area is 209 Å². The van der Waals surface area contributed by atoms with Crippen molar-refractivity contribution in [2.75, 3.05) is 0 Å². The number of benzene rings is 4. The summed E-state index contributed by atoms with van der Waals surface area (Å²) in [5.74, 6) is 1.99. The maximum absolute atomic E-state index is 4.82. The number of hydrogen-bond donors (Lipinski definition) is 0. The van der Waals surface area contributed by atoms with Gasteiger partial charge in [-0.1, -0.05) is 113 Å². The van der Waals surface area contributed by atoms with E-state index < -0.39 is 0 Å². The lowest BCUT2D eigenvalue weighted by Crippen LogP contribution is -2.00. The van der Waals surface area contributed by atoms with Crippen LogP contribution in [0.4, 0.5) is 0 Å². The van der Waals surface area contributed by atoms with Gasteiger partial charge in [0.05, 0.1) is 0 Å². The molecule has 0 fully saturated rings. The summed E-state index contributed by atoms with van der Waals surface area (Å²) in [5.41, 5.74) is 5.15. The van der Waals surface area contributed by atoms with E-state index in [1.807, 2.05) is 91.9 Å². The van der Waals surface area contributed by atoms with Crippen molar-refractivity contribution < 1.29 is 0 Å². The second-order valence-electron chi connectivity index (χ2n) is 7.53. The van der Waals surface area contributed by atoms with Crippen molar-refractivity contribution in [1.29, 1.82) is 0 Å². The number of aromatic nitrogens is 3. The van der Waals surface area contributed by atoms with Gasteiger partial charge in [-0.2, -0.15) is 0 Å². The normalized spacial score (nSPS) is 10.2. The fourth-order valence-corrected chi connectivity index (χ4v) is 3.68. The van der Waals surface area contributed by atoms with Crippen LogP contribution in [0.2, 0.25) is 0 Å². The van der Waals surface area contributed by atoms with Crippen molar-refractivity contribution in [3.63, 3.8) is 0 Å². The molecule has 0 atom stereocenters. The lowest BCUT2D eigenvalue weighted by Gasteiger charge is -2.09. The number of halogens is 1. The summed E-state index contributed by atoms with van der Waals surface area (Å²) in [6.07, 6.45) is 1.75. The average Bonchev–Trinajstić information content (AvgIpc) is 2.90. The van der Waals surface area contributed by atoms with Crippen LogP contribution in [0.5, 0.6) is 0 Å². The summed E-state index contributed by atoms with van der Waals surface area (Å²) in [7, 11) is 0. The molecule has 0 saturated carbocycles. The third-order valence-electron chi connectivity index (χ3n) is 5.00. The van der Waals surface area contributed by atoms with Crippen LogP contribution in [0.25, 0.3) is 45.3 Å². The Morgan fingerprint density at radius 2 is 0.941 bits per heavy atom. The first-order valence-electron chi connectivity index (χ1n) is 11.0. The van der Waals surface area contributed by atoms with E-state index >= 15 is 0 Å². The van der Waals surface area contributed by atoms with Gasteiger partial charge >= 0.3 is 0 Å². The topological polar surface area (TPSA) is 38.7 Å². The average molecular weight is 506 g/mol. The molecule has 1 aromatic heterocycles. The minimum Gasteiger partial charge on any atom is -0.208 e. The molecular formula is C30H24BrN3. The first kappa shape index (κ1) is 23.3. The van der Waals surface area contributed by atoms with Crippen LogP contribution in [-0.2, 0) is 0 Å². The highest BCUT2D eigenvalue weighted by atomic mass is 79.9. The lowest BCUT2D eigenvalue weighted by atomic mass is 10.0. The summed E-state index contributed by atoms with van der Waals surface area (Å²) in [6.45, 7) is 5.25. The summed E-state index contributed by atoms with van der Waals surface area (Å²) >= 11 is 3.50. The highest BCUT2D eigenvalue weighted by molar-refractivity contribution is 9.10. The molecule has 5 rings (SSSR count). The molecule has 0 bridgehead atoms. The van der Waals surface area contributed by atoms with Crippen molar-refractivity contribution in [1.82, 2.24) is 15.0 Å². The molecule has 0 N–H and O–H groups in total. The molecule has 0 aliphatic rings. The van der Waals surface area contributed by atoms with Crippen LogP contribution in [-0.4, -0.2) is 15.0 Å². The summed E-state index contributed by atoms with van der Waals surface area (Å²) in [5, 5.41) is 0. The monoisotopic (exact) mass is 505 g/mol. The van der Waals surface area contributed by atoms with E-state index in [0.29, 0.717) is 17.5 Å². The molecular weight excluding hydrogens is 482 g/mol. The van der Waals surface area contributed by atoms with Crippen LogP contribution in [0.15, 0.2) is 126 Å². The maximum Gasteiger partial charge on any atom is 0.164 e. The molecule has 0 aliphatic heterocycles. The van der Waals surface area contributed by atoms with Crippen LogP contribution in [0.3, 0.4) is 0 Å². The molecule has 0 radical (unpaired) electrons. The Hall–Kier alpha value is -3.89. The third kappa shape index (κ3) is 5.72. The summed E-state index contributed by atoms with van der Waals surface area (Å²) in [4.78, 5) is 14.4. The van der Waals surface area contributed by atoms with E-state index in [0.717, 1.165) is 32.3 Å². The minimum absolute atomic E-state index is 0.659. The zero-order valence-corrected chi connectivity index (χ0v) is 20.5. The standard InChI is InChI=1S/C27H18BrN3.C3H6/c28-24-16-14-19(15-17-24)22-12-7-13-23(18-22)27-30-25(20-8-3-1-4-9-20)29-26(31-27)21-10-5-2-6-11-21;1-3-2/h1-18H;3H,1H2,2H3. The summed E-state index contributed by atoms with van der Waals surface area (Å²) in [6, 6.07) is 36.6. The molecule has 5 aromatic rings. The molecule has 166 valence electrons. The molecule has 0 amide bonds.